The van der Waals surface area contributed by atoms with Gasteiger partial charge < -0.3 is 10.4 Å². The number of benzene rings is 2. The van der Waals surface area contributed by atoms with Gasteiger partial charge in [0.05, 0.1) is 0 Å². The molecule has 0 radical (unpaired) electrons. The lowest BCUT2D eigenvalue weighted by molar-refractivity contribution is -0.142. The predicted octanol–water partition coefficient (Wildman–Crippen LogP) is 3.49. The average molecular weight is 341 g/mol. The summed E-state index contributed by atoms with van der Waals surface area (Å²) in [5.41, 5.74) is 2.98. The Morgan fingerprint density at radius 1 is 1.16 bits per heavy atom. The van der Waals surface area contributed by atoms with Crippen LogP contribution < -0.4 is 5.32 Å². The maximum absolute atomic E-state index is 13.4. The molecule has 1 aliphatic carbocycles. The lowest BCUT2D eigenvalue weighted by Gasteiger charge is -2.16. The number of carbonyl (C=O) groups is 2. The minimum Gasteiger partial charge on any atom is -0.479 e. The number of carbonyl (C=O) groups excluding carboxylic acids is 1. The predicted molar refractivity (Wildman–Crippen MR) is 91.7 cm³/mol. The van der Waals surface area contributed by atoms with Crippen molar-refractivity contribution in [3.63, 3.8) is 0 Å². The second-order valence-electron chi connectivity index (χ2n) is 6.59. The smallest absolute Gasteiger partial charge is 0.330 e. The zero-order valence-electron chi connectivity index (χ0n) is 14.1. The Balaban J connectivity index is 1.73. The molecule has 1 amide bonds. The highest BCUT2D eigenvalue weighted by atomic mass is 19.1. The van der Waals surface area contributed by atoms with Crippen LogP contribution >= 0.6 is 0 Å². The summed E-state index contributed by atoms with van der Waals surface area (Å²) >= 11 is 0. The molecule has 25 heavy (non-hydrogen) atoms. The molecule has 0 aromatic heterocycles. The van der Waals surface area contributed by atoms with E-state index >= 15 is 0 Å². The monoisotopic (exact) mass is 341 g/mol. The van der Waals surface area contributed by atoms with Gasteiger partial charge in [0.2, 0.25) is 5.91 Å². The molecule has 130 valence electrons. The van der Waals surface area contributed by atoms with Crippen molar-refractivity contribution in [3.8, 4) is 0 Å². The molecule has 1 saturated carbocycles. The molecule has 1 aliphatic rings. The normalized spacial score (nSPS) is 20.0. The van der Waals surface area contributed by atoms with Gasteiger partial charge in [-0.3, -0.25) is 4.79 Å². The summed E-state index contributed by atoms with van der Waals surface area (Å²) < 4.78 is 13.4. The molecule has 2 aromatic carbocycles. The first-order chi connectivity index (χ1) is 11.9. The number of nitrogens with one attached hydrogen (secondary N) is 1. The van der Waals surface area contributed by atoms with E-state index in [9.17, 15) is 19.1 Å². The highest BCUT2D eigenvalue weighted by molar-refractivity contribution is 5.88. The van der Waals surface area contributed by atoms with Crippen molar-refractivity contribution >= 4 is 11.9 Å². The van der Waals surface area contributed by atoms with Crippen LogP contribution in [-0.2, 0) is 9.59 Å². The number of aliphatic carboxylic acids is 1. The maximum Gasteiger partial charge on any atom is 0.330 e. The van der Waals surface area contributed by atoms with Crippen LogP contribution in [0.15, 0.2) is 42.5 Å². The van der Waals surface area contributed by atoms with Crippen molar-refractivity contribution in [2.45, 2.75) is 32.2 Å². The number of carboxylic acids is 1. The fraction of sp³-hybridized carbons (Fsp3) is 0.300. The van der Waals surface area contributed by atoms with Crippen LogP contribution in [0.5, 0.6) is 0 Å². The number of amides is 1. The van der Waals surface area contributed by atoms with Gasteiger partial charge in [0.1, 0.15) is 5.82 Å². The molecule has 0 heterocycles. The molecule has 0 spiro atoms. The van der Waals surface area contributed by atoms with Crippen LogP contribution in [0.4, 0.5) is 4.39 Å². The summed E-state index contributed by atoms with van der Waals surface area (Å²) in [6, 6.07) is 10.8. The first-order valence-electron chi connectivity index (χ1n) is 8.23. The molecule has 5 heteroatoms. The van der Waals surface area contributed by atoms with Gasteiger partial charge in [-0.25, -0.2) is 9.18 Å². The van der Waals surface area contributed by atoms with E-state index in [4.69, 9.17) is 0 Å². The molecule has 4 nitrogen and oxygen atoms in total. The van der Waals surface area contributed by atoms with Crippen LogP contribution in [0.2, 0.25) is 0 Å². The molecule has 2 N–H and O–H groups in total. The van der Waals surface area contributed by atoms with Crippen LogP contribution in [0.1, 0.15) is 40.6 Å². The third kappa shape index (κ3) is 3.55. The summed E-state index contributed by atoms with van der Waals surface area (Å²) in [6.45, 7) is 3.57. The number of carboxylic acid groups (broad SMARTS) is 1. The van der Waals surface area contributed by atoms with Crippen molar-refractivity contribution in [3.05, 3.63) is 70.5 Å². The van der Waals surface area contributed by atoms with Gasteiger partial charge in [0, 0.05) is 5.92 Å². The lowest BCUT2D eigenvalue weighted by atomic mass is 10.0. The standard InChI is InChI=1S/C20H20FNO3/c1-11-5-3-4-6-14(11)15-10-16(15)19(23)22-18(20(24)25)13-7-8-17(21)12(2)9-13/h3-9,15-16,18H,10H2,1-2H3,(H,22,23)(H,24,25). The minimum absolute atomic E-state index is 0.130. The largest absolute Gasteiger partial charge is 0.479 e. The number of hydrogen-bond donors (Lipinski definition) is 2. The summed E-state index contributed by atoms with van der Waals surface area (Å²) in [5, 5.41) is 12.1. The van der Waals surface area contributed by atoms with E-state index in [2.05, 4.69) is 5.32 Å². The van der Waals surface area contributed by atoms with Crippen LogP contribution in [0.3, 0.4) is 0 Å². The van der Waals surface area contributed by atoms with E-state index in [-0.39, 0.29) is 17.7 Å². The number of hydrogen-bond acceptors (Lipinski definition) is 2. The molecule has 1 fully saturated rings. The van der Waals surface area contributed by atoms with E-state index in [1.807, 2.05) is 31.2 Å². The zero-order valence-corrected chi connectivity index (χ0v) is 14.1. The fourth-order valence-corrected chi connectivity index (χ4v) is 3.22. The molecule has 2 aromatic rings. The molecule has 3 unspecified atom stereocenters. The van der Waals surface area contributed by atoms with Gasteiger partial charge >= 0.3 is 5.97 Å². The van der Waals surface area contributed by atoms with Crippen molar-refractivity contribution in [2.75, 3.05) is 0 Å². The number of halogens is 1. The topological polar surface area (TPSA) is 66.4 Å². The molecular formula is C20H20FNO3. The highest BCUT2D eigenvalue weighted by Crippen LogP contribution is 2.48. The number of rotatable bonds is 5. The van der Waals surface area contributed by atoms with E-state index in [0.29, 0.717) is 17.5 Å². The van der Waals surface area contributed by atoms with E-state index in [1.54, 1.807) is 6.92 Å². The Morgan fingerprint density at radius 3 is 2.52 bits per heavy atom. The quantitative estimate of drug-likeness (QED) is 0.875. The third-order valence-electron chi connectivity index (χ3n) is 4.76. The SMILES string of the molecule is Cc1cc(C(NC(=O)C2CC2c2ccccc2C)C(=O)O)ccc1F. The first-order valence-corrected chi connectivity index (χ1v) is 8.23. The molecule has 3 atom stereocenters. The summed E-state index contributed by atoms with van der Waals surface area (Å²) in [6.07, 6.45) is 0.714. The molecule has 0 bridgehead atoms. The van der Waals surface area contributed by atoms with Gasteiger partial charge in [0.15, 0.2) is 6.04 Å². The molecule has 0 saturated heterocycles. The van der Waals surface area contributed by atoms with E-state index in [0.717, 1.165) is 11.1 Å². The van der Waals surface area contributed by atoms with Crippen molar-refractivity contribution < 1.29 is 19.1 Å². The molecular weight excluding hydrogens is 321 g/mol. The minimum atomic E-state index is -1.18. The second kappa shape index (κ2) is 6.67. The summed E-state index contributed by atoms with van der Waals surface area (Å²) in [7, 11) is 0. The van der Waals surface area contributed by atoms with Gasteiger partial charge in [-0.2, -0.15) is 0 Å². The molecule has 3 rings (SSSR count). The van der Waals surface area contributed by atoms with Gasteiger partial charge in [0.25, 0.3) is 0 Å². The second-order valence-corrected chi connectivity index (χ2v) is 6.59. The van der Waals surface area contributed by atoms with Gasteiger partial charge in [-0.15, -0.1) is 0 Å². The van der Waals surface area contributed by atoms with Gasteiger partial charge in [-0.1, -0.05) is 36.4 Å². The van der Waals surface area contributed by atoms with Gasteiger partial charge in [-0.05, 0) is 54.5 Å². The van der Waals surface area contributed by atoms with Crippen LogP contribution in [0.25, 0.3) is 0 Å². The summed E-state index contributed by atoms with van der Waals surface area (Å²) in [5.74, 6) is -1.92. The number of aryl methyl sites for hydroxylation is 2. The first kappa shape index (κ1) is 17.1. The van der Waals surface area contributed by atoms with Crippen molar-refractivity contribution in [2.24, 2.45) is 5.92 Å². The lowest BCUT2D eigenvalue weighted by Crippen LogP contribution is -2.35. The van der Waals surface area contributed by atoms with E-state index < -0.39 is 17.8 Å². The Hall–Kier alpha value is -2.69. The Labute approximate surface area is 145 Å². The average Bonchev–Trinajstić information content (AvgIpc) is 3.36. The Bertz CT molecular complexity index is 833. The Morgan fingerprint density at radius 2 is 1.88 bits per heavy atom. The maximum atomic E-state index is 13.4. The fourth-order valence-electron chi connectivity index (χ4n) is 3.22. The van der Waals surface area contributed by atoms with Crippen molar-refractivity contribution in [1.82, 2.24) is 5.32 Å². The highest BCUT2D eigenvalue weighted by Gasteiger charge is 2.45. The summed E-state index contributed by atoms with van der Waals surface area (Å²) in [4.78, 5) is 24.1. The van der Waals surface area contributed by atoms with Crippen LogP contribution in [-0.4, -0.2) is 17.0 Å². The third-order valence-corrected chi connectivity index (χ3v) is 4.76. The van der Waals surface area contributed by atoms with E-state index in [1.165, 1.54) is 18.2 Å². The van der Waals surface area contributed by atoms with Crippen LogP contribution in [0, 0.1) is 25.6 Å². The molecule has 0 aliphatic heterocycles. The Kier molecular flexibility index (Phi) is 4.57. The zero-order chi connectivity index (χ0) is 18.1. The van der Waals surface area contributed by atoms with Crippen molar-refractivity contribution in [1.29, 1.82) is 0 Å².